The number of aromatic nitrogens is 2. The molecular formula is C21H29ClN4O3. The summed E-state index contributed by atoms with van der Waals surface area (Å²) in [6.45, 7) is 8.20. The van der Waals surface area contributed by atoms with Crippen molar-refractivity contribution in [2.24, 2.45) is 5.73 Å². The minimum Gasteiger partial charge on any atom is -0.466 e. The van der Waals surface area contributed by atoms with Crippen LogP contribution in [0.15, 0.2) is 36.9 Å². The zero-order valence-electron chi connectivity index (χ0n) is 17.3. The Morgan fingerprint density at radius 3 is 2.34 bits per heavy atom. The van der Waals surface area contributed by atoms with Crippen LogP contribution in [0.5, 0.6) is 0 Å². The van der Waals surface area contributed by atoms with Gasteiger partial charge in [-0.2, -0.15) is 0 Å². The molecule has 8 heteroatoms. The number of amides is 1. The molecule has 1 amide bonds. The van der Waals surface area contributed by atoms with Gasteiger partial charge in [0.1, 0.15) is 6.33 Å². The van der Waals surface area contributed by atoms with Crippen molar-refractivity contribution in [3.8, 4) is 11.1 Å². The Morgan fingerprint density at radius 2 is 1.79 bits per heavy atom. The van der Waals surface area contributed by atoms with Crippen molar-refractivity contribution in [3.63, 3.8) is 0 Å². The fraction of sp³-hybridized carbons (Fsp3) is 0.429. The second kappa shape index (κ2) is 10.9. The van der Waals surface area contributed by atoms with E-state index < -0.39 is 6.04 Å². The fourth-order valence-electron chi connectivity index (χ4n) is 2.79. The van der Waals surface area contributed by atoms with Crippen LogP contribution in [-0.2, 0) is 19.7 Å². The summed E-state index contributed by atoms with van der Waals surface area (Å²) in [4.78, 5) is 32.3. The Bertz CT molecular complexity index is 822. The molecule has 1 heterocycles. The molecule has 0 spiro atoms. The lowest BCUT2D eigenvalue weighted by Gasteiger charge is -2.25. The van der Waals surface area contributed by atoms with E-state index in [1.807, 2.05) is 12.1 Å². The number of nitrogens with zero attached hydrogens (tertiary/aromatic N) is 2. The monoisotopic (exact) mass is 420 g/mol. The number of nitrogens with two attached hydrogens (primary N) is 1. The Labute approximate surface area is 177 Å². The minimum absolute atomic E-state index is 0. The summed E-state index contributed by atoms with van der Waals surface area (Å²) in [6.07, 6.45) is 4.97. The first kappa shape index (κ1) is 24.5. The normalized spacial score (nSPS) is 11.9. The number of halogens is 1. The van der Waals surface area contributed by atoms with Crippen LogP contribution in [0.1, 0.15) is 51.3 Å². The van der Waals surface area contributed by atoms with Crippen molar-refractivity contribution in [2.45, 2.75) is 45.6 Å². The van der Waals surface area contributed by atoms with Gasteiger partial charge in [-0.15, -0.1) is 12.4 Å². The highest BCUT2D eigenvalue weighted by Gasteiger charge is 2.23. The molecule has 0 unspecified atom stereocenters. The van der Waals surface area contributed by atoms with Crippen LogP contribution in [-0.4, -0.2) is 35.0 Å². The molecule has 0 saturated carbocycles. The van der Waals surface area contributed by atoms with Gasteiger partial charge in [0.25, 0.3) is 0 Å². The second-order valence-electron chi connectivity index (χ2n) is 7.55. The molecule has 0 saturated heterocycles. The molecule has 1 aromatic heterocycles. The van der Waals surface area contributed by atoms with E-state index >= 15 is 0 Å². The third-order valence-electron chi connectivity index (χ3n) is 4.31. The Balaban J connectivity index is 0.00000420. The van der Waals surface area contributed by atoms with Crippen LogP contribution in [0, 0.1) is 0 Å². The predicted octanol–water partition coefficient (Wildman–Crippen LogP) is 2.93. The highest BCUT2D eigenvalue weighted by Crippen LogP contribution is 2.32. The van der Waals surface area contributed by atoms with Crippen molar-refractivity contribution in [2.75, 3.05) is 13.2 Å². The molecule has 0 aliphatic heterocycles. The molecular weight excluding hydrogens is 392 g/mol. The summed E-state index contributed by atoms with van der Waals surface area (Å²) in [5.41, 5.74) is 8.98. The Hall–Kier alpha value is -2.51. The largest absolute Gasteiger partial charge is 0.466 e. The van der Waals surface area contributed by atoms with E-state index in [0.717, 1.165) is 22.3 Å². The lowest BCUT2D eigenvalue weighted by molar-refractivity contribution is -0.143. The number of benzene rings is 1. The molecule has 1 atom stereocenters. The Morgan fingerprint density at radius 1 is 1.14 bits per heavy atom. The molecule has 0 bridgehead atoms. The quantitative estimate of drug-likeness (QED) is 0.667. The van der Waals surface area contributed by atoms with E-state index in [0.29, 0.717) is 0 Å². The lowest BCUT2D eigenvalue weighted by Crippen LogP contribution is -2.35. The third-order valence-corrected chi connectivity index (χ3v) is 4.31. The van der Waals surface area contributed by atoms with Crippen LogP contribution in [0.4, 0.5) is 0 Å². The molecule has 158 valence electrons. The summed E-state index contributed by atoms with van der Waals surface area (Å²) < 4.78 is 5.08. The number of esters is 1. The zero-order valence-corrected chi connectivity index (χ0v) is 18.1. The van der Waals surface area contributed by atoms with Crippen molar-refractivity contribution in [1.82, 2.24) is 15.3 Å². The van der Waals surface area contributed by atoms with E-state index in [9.17, 15) is 9.59 Å². The van der Waals surface area contributed by atoms with Crippen molar-refractivity contribution in [1.29, 1.82) is 0 Å². The van der Waals surface area contributed by atoms with Crippen molar-refractivity contribution < 1.29 is 14.3 Å². The topological polar surface area (TPSA) is 107 Å². The first-order chi connectivity index (χ1) is 13.2. The van der Waals surface area contributed by atoms with E-state index in [4.69, 9.17) is 10.5 Å². The smallest absolute Gasteiger partial charge is 0.308 e. The zero-order chi connectivity index (χ0) is 20.7. The highest BCUT2D eigenvalue weighted by atomic mass is 35.5. The summed E-state index contributed by atoms with van der Waals surface area (Å²) in [6, 6.07) is 5.48. The number of ether oxygens (including phenoxy) is 1. The van der Waals surface area contributed by atoms with Crippen LogP contribution in [0.25, 0.3) is 11.1 Å². The number of hydrogen-bond donors (Lipinski definition) is 2. The molecule has 29 heavy (non-hydrogen) atoms. The van der Waals surface area contributed by atoms with Gasteiger partial charge in [0.05, 0.1) is 25.6 Å². The van der Waals surface area contributed by atoms with Gasteiger partial charge in [0, 0.05) is 18.0 Å². The molecule has 2 aromatic rings. The third kappa shape index (κ3) is 7.11. The van der Waals surface area contributed by atoms with Crippen molar-refractivity contribution in [3.05, 3.63) is 48.0 Å². The maximum Gasteiger partial charge on any atom is 0.308 e. The van der Waals surface area contributed by atoms with Gasteiger partial charge in [-0.1, -0.05) is 32.9 Å². The van der Waals surface area contributed by atoms with Crippen LogP contribution < -0.4 is 11.1 Å². The van der Waals surface area contributed by atoms with Crippen molar-refractivity contribution >= 4 is 24.3 Å². The second-order valence-corrected chi connectivity index (χ2v) is 7.55. The molecule has 0 aliphatic carbocycles. The summed E-state index contributed by atoms with van der Waals surface area (Å²) in [5, 5.41) is 2.83. The molecule has 0 fully saturated rings. The lowest BCUT2D eigenvalue weighted by atomic mass is 9.83. The Kier molecular flexibility index (Phi) is 9.20. The molecule has 0 radical (unpaired) electrons. The van der Waals surface area contributed by atoms with Gasteiger partial charge >= 0.3 is 5.97 Å². The van der Waals surface area contributed by atoms with Crippen LogP contribution in [0.3, 0.4) is 0 Å². The average molecular weight is 421 g/mol. The van der Waals surface area contributed by atoms with Gasteiger partial charge in [-0.3, -0.25) is 9.59 Å². The maximum absolute atomic E-state index is 12.1. The first-order valence-corrected chi connectivity index (χ1v) is 9.30. The van der Waals surface area contributed by atoms with Gasteiger partial charge in [-0.05, 0) is 35.1 Å². The first-order valence-electron chi connectivity index (χ1n) is 9.30. The van der Waals surface area contributed by atoms with E-state index in [2.05, 4.69) is 42.1 Å². The summed E-state index contributed by atoms with van der Waals surface area (Å²) in [7, 11) is 0. The van der Waals surface area contributed by atoms with Gasteiger partial charge in [0.2, 0.25) is 5.91 Å². The standard InChI is InChI=1S/C21H28N4O3.ClH/c1-5-28-20(27)9-18(25-19(26)10-22)15-6-14(16-11-23-13-24-12-16)7-17(8-15)21(2,3)4;/h6-8,11-13,18H,5,9-10,22H2,1-4H3,(H,25,26);1H/t18-;/m0./s1. The molecule has 0 aliphatic rings. The minimum atomic E-state index is -0.541. The molecule has 2 rings (SSSR count). The molecule has 1 aromatic carbocycles. The van der Waals surface area contributed by atoms with Gasteiger partial charge in [-0.25, -0.2) is 9.97 Å². The fourth-order valence-corrected chi connectivity index (χ4v) is 2.79. The highest BCUT2D eigenvalue weighted by molar-refractivity contribution is 5.85. The van der Waals surface area contributed by atoms with Crippen LogP contribution >= 0.6 is 12.4 Å². The maximum atomic E-state index is 12.1. The summed E-state index contributed by atoms with van der Waals surface area (Å²) >= 11 is 0. The van der Waals surface area contributed by atoms with E-state index in [-0.39, 0.29) is 49.3 Å². The average Bonchev–Trinajstić information content (AvgIpc) is 2.67. The molecule has 3 N–H and O–H groups in total. The predicted molar refractivity (Wildman–Crippen MR) is 115 cm³/mol. The summed E-state index contributed by atoms with van der Waals surface area (Å²) in [5.74, 6) is -0.712. The van der Waals surface area contributed by atoms with Gasteiger partial charge in [0.15, 0.2) is 0 Å². The number of carbonyl (C=O) groups excluding carboxylic acids is 2. The number of hydrogen-bond acceptors (Lipinski definition) is 6. The van der Waals surface area contributed by atoms with E-state index in [1.54, 1.807) is 19.3 Å². The van der Waals surface area contributed by atoms with E-state index in [1.165, 1.54) is 6.33 Å². The number of carbonyl (C=O) groups is 2. The molecule has 7 nitrogen and oxygen atoms in total. The SMILES string of the molecule is CCOC(=O)C[C@H](NC(=O)CN)c1cc(-c2cncnc2)cc(C(C)(C)C)c1.Cl. The number of rotatable bonds is 7. The van der Waals surface area contributed by atoms with Gasteiger partial charge < -0.3 is 15.8 Å². The number of nitrogens with one attached hydrogen (secondary N) is 1. The van der Waals surface area contributed by atoms with Crippen LogP contribution in [0.2, 0.25) is 0 Å².